The SMILES string of the molecule is CCOC(=O)c1ccc(NCC(=O)Nc2ccccc2C(=O)NC2CC2)cc1. The number of para-hydroxylation sites is 1. The standard InChI is InChI=1S/C21H23N3O4/c1-2-28-21(27)14-7-9-15(10-8-14)22-13-19(25)24-18-6-4-3-5-17(18)20(26)23-16-11-12-16/h3-10,16,22H,2,11-13H2,1H3,(H,23,26)(H,24,25). The predicted molar refractivity (Wildman–Crippen MR) is 106 cm³/mol. The molecule has 0 radical (unpaired) electrons. The molecular formula is C21H23N3O4. The average Bonchev–Trinajstić information content (AvgIpc) is 3.51. The summed E-state index contributed by atoms with van der Waals surface area (Å²) in [6, 6.07) is 13.9. The van der Waals surface area contributed by atoms with E-state index in [-0.39, 0.29) is 30.4 Å². The Morgan fingerprint density at radius 1 is 1.04 bits per heavy atom. The fourth-order valence-corrected chi connectivity index (χ4v) is 2.60. The second-order valence-corrected chi connectivity index (χ2v) is 6.49. The van der Waals surface area contributed by atoms with Crippen LogP contribution < -0.4 is 16.0 Å². The Kier molecular flexibility index (Phi) is 6.26. The van der Waals surface area contributed by atoms with E-state index < -0.39 is 0 Å². The lowest BCUT2D eigenvalue weighted by Gasteiger charge is -2.12. The van der Waals surface area contributed by atoms with Gasteiger partial charge in [-0.3, -0.25) is 9.59 Å². The lowest BCUT2D eigenvalue weighted by Crippen LogP contribution is -2.28. The molecule has 2 amide bonds. The van der Waals surface area contributed by atoms with Crippen LogP contribution in [0.1, 0.15) is 40.5 Å². The fraction of sp³-hybridized carbons (Fsp3) is 0.286. The number of hydrogen-bond donors (Lipinski definition) is 3. The van der Waals surface area contributed by atoms with E-state index in [1.54, 1.807) is 55.5 Å². The molecule has 3 N–H and O–H groups in total. The van der Waals surface area contributed by atoms with Gasteiger partial charge in [0.2, 0.25) is 5.91 Å². The Labute approximate surface area is 163 Å². The normalized spacial score (nSPS) is 12.8. The second kappa shape index (κ2) is 9.03. The van der Waals surface area contributed by atoms with E-state index in [9.17, 15) is 14.4 Å². The van der Waals surface area contributed by atoms with Crippen molar-refractivity contribution in [2.24, 2.45) is 0 Å². The van der Waals surface area contributed by atoms with Crippen LogP contribution in [0.4, 0.5) is 11.4 Å². The summed E-state index contributed by atoms with van der Waals surface area (Å²) in [4.78, 5) is 36.2. The van der Waals surface area contributed by atoms with Gasteiger partial charge in [0.05, 0.1) is 30.0 Å². The van der Waals surface area contributed by atoms with Crippen molar-refractivity contribution in [3.05, 3.63) is 59.7 Å². The number of carbonyl (C=O) groups excluding carboxylic acids is 3. The van der Waals surface area contributed by atoms with Crippen molar-refractivity contribution in [2.75, 3.05) is 23.8 Å². The lowest BCUT2D eigenvalue weighted by molar-refractivity contribution is -0.114. The van der Waals surface area contributed by atoms with Crippen LogP contribution >= 0.6 is 0 Å². The number of esters is 1. The highest BCUT2D eigenvalue weighted by atomic mass is 16.5. The van der Waals surface area contributed by atoms with Gasteiger partial charge in [0.1, 0.15) is 0 Å². The third-order valence-corrected chi connectivity index (χ3v) is 4.21. The molecule has 0 aliphatic heterocycles. The van der Waals surface area contributed by atoms with Gasteiger partial charge < -0.3 is 20.7 Å². The van der Waals surface area contributed by atoms with E-state index in [0.717, 1.165) is 12.8 Å². The van der Waals surface area contributed by atoms with E-state index in [0.29, 0.717) is 29.1 Å². The molecule has 0 unspecified atom stereocenters. The topological polar surface area (TPSA) is 96.5 Å². The molecule has 1 saturated carbocycles. The van der Waals surface area contributed by atoms with E-state index in [2.05, 4.69) is 16.0 Å². The molecule has 1 aliphatic rings. The van der Waals surface area contributed by atoms with Crippen molar-refractivity contribution >= 4 is 29.2 Å². The van der Waals surface area contributed by atoms with Gasteiger partial charge in [-0.15, -0.1) is 0 Å². The zero-order chi connectivity index (χ0) is 19.9. The molecule has 3 rings (SSSR count). The number of nitrogens with one attached hydrogen (secondary N) is 3. The highest BCUT2D eigenvalue weighted by molar-refractivity contribution is 6.04. The number of benzene rings is 2. The molecule has 2 aromatic carbocycles. The van der Waals surface area contributed by atoms with E-state index in [1.165, 1.54) is 0 Å². The Hall–Kier alpha value is -3.35. The van der Waals surface area contributed by atoms with Crippen molar-refractivity contribution in [2.45, 2.75) is 25.8 Å². The highest BCUT2D eigenvalue weighted by Gasteiger charge is 2.25. The summed E-state index contributed by atoms with van der Waals surface area (Å²) in [5, 5.41) is 8.68. The summed E-state index contributed by atoms with van der Waals surface area (Å²) < 4.78 is 4.93. The number of rotatable bonds is 8. The van der Waals surface area contributed by atoms with Gasteiger partial charge in [-0.05, 0) is 56.2 Å². The molecule has 2 aromatic rings. The fourth-order valence-electron chi connectivity index (χ4n) is 2.60. The van der Waals surface area contributed by atoms with Crippen LogP contribution in [0.3, 0.4) is 0 Å². The second-order valence-electron chi connectivity index (χ2n) is 6.49. The van der Waals surface area contributed by atoms with Crippen molar-refractivity contribution < 1.29 is 19.1 Å². The minimum atomic E-state index is -0.382. The number of hydrogen-bond acceptors (Lipinski definition) is 5. The van der Waals surface area contributed by atoms with E-state index >= 15 is 0 Å². The predicted octanol–water partition coefficient (Wildman–Crippen LogP) is 2.81. The van der Waals surface area contributed by atoms with Crippen molar-refractivity contribution in [1.82, 2.24) is 5.32 Å². The number of carbonyl (C=O) groups is 3. The molecule has 0 spiro atoms. The number of amides is 2. The zero-order valence-corrected chi connectivity index (χ0v) is 15.7. The Balaban J connectivity index is 1.54. The Morgan fingerprint density at radius 3 is 2.43 bits per heavy atom. The summed E-state index contributed by atoms with van der Waals surface area (Å²) >= 11 is 0. The molecule has 0 heterocycles. The molecule has 7 heteroatoms. The van der Waals surface area contributed by atoms with Gasteiger partial charge in [-0.25, -0.2) is 4.79 Å². The third-order valence-electron chi connectivity index (χ3n) is 4.21. The number of anilines is 2. The van der Waals surface area contributed by atoms with Crippen LogP contribution in [0.2, 0.25) is 0 Å². The van der Waals surface area contributed by atoms with Gasteiger partial charge in [0.15, 0.2) is 0 Å². The van der Waals surface area contributed by atoms with E-state index in [1.807, 2.05) is 0 Å². The summed E-state index contributed by atoms with van der Waals surface area (Å²) in [6.45, 7) is 2.09. The van der Waals surface area contributed by atoms with Gasteiger partial charge in [-0.1, -0.05) is 12.1 Å². The Morgan fingerprint density at radius 2 is 1.75 bits per heavy atom. The van der Waals surface area contributed by atoms with Crippen LogP contribution in [-0.2, 0) is 9.53 Å². The third kappa shape index (κ3) is 5.33. The van der Waals surface area contributed by atoms with Crippen LogP contribution in [0.25, 0.3) is 0 Å². The molecule has 1 fully saturated rings. The summed E-state index contributed by atoms with van der Waals surface area (Å²) in [6.07, 6.45) is 2.00. The summed E-state index contributed by atoms with van der Waals surface area (Å²) in [5.74, 6) is -0.838. The quantitative estimate of drug-likeness (QED) is 0.611. The molecular weight excluding hydrogens is 358 g/mol. The molecule has 7 nitrogen and oxygen atoms in total. The molecule has 146 valence electrons. The lowest BCUT2D eigenvalue weighted by atomic mass is 10.1. The van der Waals surface area contributed by atoms with Crippen LogP contribution in [0.5, 0.6) is 0 Å². The van der Waals surface area contributed by atoms with Gasteiger partial charge in [0, 0.05) is 11.7 Å². The van der Waals surface area contributed by atoms with Gasteiger partial charge in [0.25, 0.3) is 5.91 Å². The van der Waals surface area contributed by atoms with Crippen LogP contribution in [-0.4, -0.2) is 37.0 Å². The summed E-state index contributed by atoms with van der Waals surface area (Å²) in [7, 11) is 0. The first kappa shape index (κ1) is 19.4. The van der Waals surface area contributed by atoms with E-state index in [4.69, 9.17) is 4.74 Å². The van der Waals surface area contributed by atoms with Gasteiger partial charge in [-0.2, -0.15) is 0 Å². The first-order chi connectivity index (χ1) is 13.6. The average molecular weight is 381 g/mol. The first-order valence-corrected chi connectivity index (χ1v) is 9.27. The van der Waals surface area contributed by atoms with Gasteiger partial charge >= 0.3 is 5.97 Å². The number of ether oxygens (including phenoxy) is 1. The van der Waals surface area contributed by atoms with Crippen molar-refractivity contribution in [1.29, 1.82) is 0 Å². The minimum absolute atomic E-state index is 0.0251. The molecule has 28 heavy (non-hydrogen) atoms. The largest absolute Gasteiger partial charge is 0.462 e. The van der Waals surface area contributed by atoms with Crippen LogP contribution in [0, 0.1) is 0 Å². The smallest absolute Gasteiger partial charge is 0.338 e. The van der Waals surface area contributed by atoms with Crippen LogP contribution in [0.15, 0.2) is 48.5 Å². The maximum atomic E-state index is 12.3. The maximum Gasteiger partial charge on any atom is 0.338 e. The summed E-state index contributed by atoms with van der Waals surface area (Å²) in [5.41, 5.74) is 2.07. The molecule has 1 aliphatic carbocycles. The molecule has 0 saturated heterocycles. The monoisotopic (exact) mass is 381 g/mol. The highest BCUT2D eigenvalue weighted by Crippen LogP contribution is 2.21. The zero-order valence-electron chi connectivity index (χ0n) is 15.7. The molecule has 0 aromatic heterocycles. The van der Waals surface area contributed by atoms with Crippen molar-refractivity contribution in [3.63, 3.8) is 0 Å². The molecule has 0 bridgehead atoms. The maximum absolute atomic E-state index is 12.3. The Bertz CT molecular complexity index is 860. The molecule has 0 atom stereocenters. The van der Waals surface area contributed by atoms with Crippen molar-refractivity contribution in [3.8, 4) is 0 Å². The minimum Gasteiger partial charge on any atom is -0.462 e. The first-order valence-electron chi connectivity index (χ1n) is 9.27.